The van der Waals surface area contributed by atoms with Crippen molar-refractivity contribution in [2.24, 2.45) is 23.7 Å². The first kappa shape index (κ1) is 13.9. The summed E-state index contributed by atoms with van der Waals surface area (Å²) in [6.07, 6.45) is 7.89. The van der Waals surface area contributed by atoms with Gasteiger partial charge in [-0.2, -0.15) is 0 Å². The second-order valence-electron chi connectivity index (χ2n) is 6.16. The second-order valence-corrected chi connectivity index (χ2v) is 6.16. The Labute approximate surface area is 133 Å². The minimum Gasteiger partial charge on any atom is -0.481 e. The molecule has 1 N–H and O–H groups in total. The molecule has 1 heterocycles. The Morgan fingerprint density at radius 1 is 1.09 bits per heavy atom. The van der Waals surface area contributed by atoms with Gasteiger partial charge in [-0.3, -0.25) is 14.2 Å². The molecule has 116 valence electrons. The van der Waals surface area contributed by atoms with Crippen LogP contribution in [-0.2, 0) is 4.79 Å². The summed E-state index contributed by atoms with van der Waals surface area (Å²) in [6, 6.07) is 9.46. The van der Waals surface area contributed by atoms with Gasteiger partial charge in [0, 0.05) is 18.0 Å². The van der Waals surface area contributed by atoms with Crippen molar-refractivity contribution in [3.63, 3.8) is 0 Å². The average molecular weight is 308 g/mol. The molecule has 2 aliphatic rings. The standard InChI is InChI=1S/C18H16N2O3/c21-17(14-12-6-7-13(10-12)15(14)18(22)23)20-9-8-19-16(20)11-4-2-1-3-5-11/h1-9,12-15H,10H2,(H,22,23)/t12-,13-,14-,15+/m0/s1. The van der Waals surface area contributed by atoms with Gasteiger partial charge in [-0.1, -0.05) is 42.5 Å². The first-order valence-electron chi connectivity index (χ1n) is 7.71. The largest absolute Gasteiger partial charge is 0.481 e. The smallest absolute Gasteiger partial charge is 0.307 e. The van der Waals surface area contributed by atoms with Gasteiger partial charge in [0.1, 0.15) is 5.82 Å². The lowest BCUT2D eigenvalue weighted by Crippen LogP contribution is -2.35. The number of aromatic nitrogens is 2. The van der Waals surface area contributed by atoms with E-state index in [9.17, 15) is 14.7 Å². The lowest BCUT2D eigenvalue weighted by Gasteiger charge is -2.24. The Balaban J connectivity index is 1.72. The molecule has 4 atom stereocenters. The molecule has 0 unspecified atom stereocenters. The quantitative estimate of drug-likeness (QED) is 0.885. The van der Waals surface area contributed by atoms with Crippen LogP contribution < -0.4 is 0 Å². The zero-order chi connectivity index (χ0) is 16.0. The average Bonchev–Trinajstić information content (AvgIpc) is 3.29. The van der Waals surface area contributed by atoms with Crippen LogP contribution in [0.4, 0.5) is 0 Å². The highest BCUT2D eigenvalue weighted by Crippen LogP contribution is 2.48. The SMILES string of the molecule is O=C(O)[C@H]1[C@@H](C(=O)n2ccnc2-c2ccccc2)[C@H]2C=C[C@H]1C2. The van der Waals surface area contributed by atoms with Gasteiger partial charge in [-0.25, -0.2) is 4.98 Å². The summed E-state index contributed by atoms with van der Waals surface area (Å²) in [6.45, 7) is 0. The van der Waals surface area contributed by atoms with Gasteiger partial charge >= 0.3 is 5.97 Å². The van der Waals surface area contributed by atoms with Crippen LogP contribution in [0.25, 0.3) is 11.4 Å². The molecule has 0 spiro atoms. The normalized spacial score (nSPS) is 28.2. The summed E-state index contributed by atoms with van der Waals surface area (Å²) in [4.78, 5) is 28.9. The number of allylic oxidation sites excluding steroid dienone is 2. The Kier molecular flexibility index (Phi) is 3.15. The minimum atomic E-state index is -0.887. The van der Waals surface area contributed by atoms with Gasteiger partial charge in [0.15, 0.2) is 0 Å². The van der Waals surface area contributed by atoms with Crippen LogP contribution in [0.2, 0.25) is 0 Å². The number of carboxylic acid groups (broad SMARTS) is 1. The van der Waals surface area contributed by atoms with E-state index in [4.69, 9.17) is 0 Å². The molecular weight excluding hydrogens is 292 g/mol. The molecule has 1 aromatic carbocycles. The maximum atomic E-state index is 13.0. The Hall–Kier alpha value is -2.69. The van der Waals surface area contributed by atoms with Crippen LogP contribution in [0.5, 0.6) is 0 Å². The third-order valence-corrected chi connectivity index (χ3v) is 4.94. The van der Waals surface area contributed by atoms with Crippen molar-refractivity contribution >= 4 is 11.9 Å². The maximum Gasteiger partial charge on any atom is 0.307 e. The lowest BCUT2D eigenvalue weighted by atomic mass is 9.82. The predicted molar refractivity (Wildman–Crippen MR) is 83.6 cm³/mol. The highest BCUT2D eigenvalue weighted by atomic mass is 16.4. The number of carboxylic acids is 1. The summed E-state index contributed by atoms with van der Waals surface area (Å²) in [5.74, 6) is -1.67. The number of hydrogen-bond acceptors (Lipinski definition) is 3. The fraction of sp³-hybridized carbons (Fsp3) is 0.278. The molecule has 2 aromatic rings. The minimum absolute atomic E-state index is 0.0135. The lowest BCUT2D eigenvalue weighted by molar-refractivity contribution is -0.143. The van der Waals surface area contributed by atoms with E-state index >= 15 is 0 Å². The predicted octanol–water partition coefficient (Wildman–Crippen LogP) is 2.71. The van der Waals surface area contributed by atoms with Crippen LogP contribution >= 0.6 is 0 Å². The van der Waals surface area contributed by atoms with E-state index in [1.165, 1.54) is 4.57 Å². The van der Waals surface area contributed by atoms with E-state index in [1.807, 2.05) is 42.5 Å². The van der Waals surface area contributed by atoms with Gasteiger partial charge in [0.25, 0.3) is 0 Å². The highest BCUT2D eigenvalue weighted by Gasteiger charge is 2.52. The van der Waals surface area contributed by atoms with Crippen molar-refractivity contribution in [1.29, 1.82) is 0 Å². The number of carbonyl (C=O) groups excluding carboxylic acids is 1. The summed E-state index contributed by atoms with van der Waals surface area (Å²) in [5.41, 5.74) is 0.844. The molecule has 0 radical (unpaired) electrons. The first-order chi connectivity index (χ1) is 11.2. The van der Waals surface area contributed by atoms with Crippen LogP contribution in [0.15, 0.2) is 54.9 Å². The molecule has 5 heteroatoms. The third kappa shape index (κ3) is 2.11. The zero-order valence-corrected chi connectivity index (χ0v) is 12.4. The summed E-state index contributed by atoms with van der Waals surface area (Å²) in [5, 5.41) is 9.53. The second kappa shape index (κ2) is 5.19. The maximum absolute atomic E-state index is 13.0. The summed E-state index contributed by atoms with van der Waals surface area (Å²) >= 11 is 0. The number of rotatable bonds is 3. The number of fused-ring (bicyclic) bond motifs is 2. The van der Waals surface area contributed by atoms with Gasteiger partial charge in [0.2, 0.25) is 5.91 Å². The van der Waals surface area contributed by atoms with E-state index in [0.717, 1.165) is 12.0 Å². The van der Waals surface area contributed by atoms with Crippen molar-refractivity contribution in [2.45, 2.75) is 6.42 Å². The monoisotopic (exact) mass is 308 g/mol. The van der Waals surface area contributed by atoms with Crippen molar-refractivity contribution in [3.05, 3.63) is 54.9 Å². The topological polar surface area (TPSA) is 72.2 Å². The number of imidazole rings is 1. The van der Waals surface area contributed by atoms with Crippen LogP contribution in [0, 0.1) is 23.7 Å². The number of hydrogen-bond donors (Lipinski definition) is 1. The van der Waals surface area contributed by atoms with Crippen molar-refractivity contribution in [1.82, 2.24) is 9.55 Å². The van der Waals surface area contributed by atoms with E-state index in [2.05, 4.69) is 4.98 Å². The molecule has 0 saturated heterocycles. The highest BCUT2D eigenvalue weighted by molar-refractivity contribution is 5.90. The van der Waals surface area contributed by atoms with Crippen molar-refractivity contribution < 1.29 is 14.7 Å². The molecule has 4 rings (SSSR count). The van der Waals surface area contributed by atoms with Gasteiger partial charge in [0.05, 0.1) is 11.8 Å². The van der Waals surface area contributed by atoms with Crippen molar-refractivity contribution in [2.75, 3.05) is 0 Å². The molecule has 0 amide bonds. The van der Waals surface area contributed by atoms with Crippen LogP contribution in [0.1, 0.15) is 11.2 Å². The first-order valence-corrected chi connectivity index (χ1v) is 7.71. The van der Waals surface area contributed by atoms with E-state index in [-0.39, 0.29) is 17.7 Å². The number of carbonyl (C=O) groups is 2. The van der Waals surface area contributed by atoms with E-state index in [1.54, 1.807) is 12.4 Å². The number of aliphatic carboxylic acids is 1. The van der Waals surface area contributed by atoms with Crippen LogP contribution in [0.3, 0.4) is 0 Å². The Morgan fingerprint density at radius 2 is 1.78 bits per heavy atom. The molecule has 23 heavy (non-hydrogen) atoms. The van der Waals surface area contributed by atoms with E-state index in [0.29, 0.717) is 5.82 Å². The summed E-state index contributed by atoms with van der Waals surface area (Å²) < 4.78 is 1.50. The Bertz CT molecular complexity index is 794. The Morgan fingerprint density at radius 3 is 2.48 bits per heavy atom. The fourth-order valence-corrected chi connectivity index (χ4v) is 3.94. The third-order valence-electron chi connectivity index (χ3n) is 4.94. The van der Waals surface area contributed by atoms with Gasteiger partial charge < -0.3 is 5.11 Å². The van der Waals surface area contributed by atoms with Crippen molar-refractivity contribution in [3.8, 4) is 11.4 Å². The number of benzene rings is 1. The molecule has 0 aliphatic heterocycles. The zero-order valence-electron chi connectivity index (χ0n) is 12.4. The molecule has 1 aromatic heterocycles. The van der Waals surface area contributed by atoms with Crippen LogP contribution in [-0.4, -0.2) is 26.5 Å². The number of nitrogens with zero attached hydrogens (tertiary/aromatic N) is 2. The molecule has 2 bridgehead atoms. The summed E-state index contributed by atoms with van der Waals surface area (Å²) in [7, 11) is 0. The van der Waals surface area contributed by atoms with E-state index < -0.39 is 17.8 Å². The van der Waals surface area contributed by atoms with Gasteiger partial charge in [-0.15, -0.1) is 0 Å². The molecule has 5 nitrogen and oxygen atoms in total. The fourth-order valence-electron chi connectivity index (χ4n) is 3.94. The van der Waals surface area contributed by atoms with Gasteiger partial charge in [-0.05, 0) is 18.3 Å². The molecule has 1 fully saturated rings. The molecular formula is C18H16N2O3. The molecule has 2 aliphatic carbocycles. The molecule has 1 saturated carbocycles.